The molecule has 17 heavy (non-hydrogen) atoms. The van der Waals surface area contributed by atoms with Crippen LogP contribution in [0.2, 0.25) is 0 Å². The molecule has 0 bridgehead atoms. The molecule has 0 aromatic rings. The zero-order chi connectivity index (χ0) is 12.4. The molecule has 1 unspecified atom stereocenters. The van der Waals surface area contributed by atoms with Gasteiger partial charge in [0.05, 0.1) is 0 Å². The van der Waals surface area contributed by atoms with Crippen LogP contribution in [0.5, 0.6) is 0 Å². The molecule has 0 fully saturated rings. The first-order chi connectivity index (χ1) is 8.06. The third-order valence-electron chi connectivity index (χ3n) is 3.18. The van der Waals surface area contributed by atoms with E-state index in [-0.39, 0.29) is 5.92 Å². The summed E-state index contributed by atoms with van der Waals surface area (Å²) < 4.78 is 0. The molecule has 0 saturated carbocycles. The predicted octanol–water partition coefficient (Wildman–Crippen LogP) is 3.26. The molecule has 2 nitrogen and oxygen atoms in total. The van der Waals surface area contributed by atoms with Gasteiger partial charge in [-0.2, -0.15) is 0 Å². The summed E-state index contributed by atoms with van der Waals surface area (Å²) in [5.41, 5.74) is 11.1. The van der Waals surface area contributed by atoms with Crippen molar-refractivity contribution in [2.75, 3.05) is 0 Å². The van der Waals surface area contributed by atoms with Gasteiger partial charge in [-0.05, 0) is 42.2 Å². The van der Waals surface area contributed by atoms with E-state index in [1.54, 1.807) is 0 Å². The van der Waals surface area contributed by atoms with E-state index in [0.29, 0.717) is 5.71 Å². The minimum atomic E-state index is 0.209. The molecule has 2 rings (SSSR count). The lowest BCUT2D eigenvalue weighted by Gasteiger charge is -2.14. The summed E-state index contributed by atoms with van der Waals surface area (Å²) in [6, 6.07) is 0. The fourth-order valence-corrected chi connectivity index (χ4v) is 1.99. The number of nitrogens with one attached hydrogen (secondary N) is 1. The van der Waals surface area contributed by atoms with E-state index in [0.717, 1.165) is 12.1 Å². The zero-order valence-corrected chi connectivity index (χ0v) is 10.3. The number of hydrogen-bond donors (Lipinski definition) is 2. The number of rotatable bonds is 1. The molecular weight excluding hydrogens is 208 g/mol. The summed E-state index contributed by atoms with van der Waals surface area (Å²) in [4.78, 5) is 0. The fourth-order valence-electron chi connectivity index (χ4n) is 1.99. The Kier molecular flexibility index (Phi) is 3.14. The monoisotopic (exact) mass is 226 g/mol. The standard InChI is InChI=1S/C15H18N2/c1-10-7-12(3-5-14(10)16)9-13-4-6-15(17)11(2)8-13/h3-7,9-10,16H,8,17H2,1-2H3/b13-9+,16-14?. The van der Waals surface area contributed by atoms with Crippen LogP contribution >= 0.6 is 0 Å². The Morgan fingerprint density at radius 1 is 1.29 bits per heavy atom. The first kappa shape index (κ1) is 11.6. The van der Waals surface area contributed by atoms with Gasteiger partial charge in [0, 0.05) is 17.3 Å². The summed E-state index contributed by atoms with van der Waals surface area (Å²) >= 11 is 0. The maximum atomic E-state index is 7.67. The minimum Gasteiger partial charge on any atom is -0.399 e. The van der Waals surface area contributed by atoms with Crippen molar-refractivity contribution in [3.05, 3.63) is 58.9 Å². The molecule has 2 aliphatic carbocycles. The first-order valence-corrected chi connectivity index (χ1v) is 5.88. The maximum absolute atomic E-state index is 7.67. The van der Waals surface area contributed by atoms with Crippen LogP contribution in [-0.2, 0) is 0 Å². The van der Waals surface area contributed by atoms with Crippen molar-refractivity contribution in [2.24, 2.45) is 11.7 Å². The number of nitrogens with two attached hydrogens (primary N) is 1. The Morgan fingerprint density at radius 3 is 2.71 bits per heavy atom. The quantitative estimate of drug-likeness (QED) is 0.708. The molecule has 2 heteroatoms. The van der Waals surface area contributed by atoms with Crippen LogP contribution in [0.1, 0.15) is 20.3 Å². The second-order valence-corrected chi connectivity index (χ2v) is 4.71. The highest BCUT2D eigenvalue weighted by molar-refractivity contribution is 5.97. The van der Waals surface area contributed by atoms with Gasteiger partial charge in [-0.15, -0.1) is 0 Å². The van der Waals surface area contributed by atoms with Crippen molar-refractivity contribution in [3.8, 4) is 0 Å². The molecule has 0 spiro atoms. The van der Waals surface area contributed by atoms with Gasteiger partial charge in [-0.25, -0.2) is 0 Å². The van der Waals surface area contributed by atoms with Crippen LogP contribution in [0.4, 0.5) is 0 Å². The van der Waals surface area contributed by atoms with Gasteiger partial charge in [-0.3, -0.25) is 0 Å². The minimum absolute atomic E-state index is 0.209. The molecule has 2 aliphatic rings. The Hall–Kier alpha value is -1.83. The van der Waals surface area contributed by atoms with Crippen LogP contribution in [0.3, 0.4) is 0 Å². The van der Waals surface area contributed by atoms with Gasteiger partial charge in [0.15, 0.2) is 0 Å². The van der Waals surface area contributed by atoms with Gasteiger partial charge < -0.3 is 11.1 Å². The number of hydrogen-bond acceptors (Lipinski definition) is 2. The molecule has 0 heterocycles. The van der Waals surface area contributed by atoms with E-state index in [1.165, 1.54) is 16.7 Å². The number of allylic oxidation sites excluding steroid dienone is 9. The van der Waals surface area contributed by atoms with Crippen molar-refractivity contribution in [1.82, 2.24) is 0 Å². The molecule has 1 atom stereocenters. The van der Waals surface area contributed by atoms with E-state index in [9.17, 15) is 0 Å². The molecule has 0 amide bonds. The zero-order valence-electron chi connectivity index (χ0n) is 10.3. The van der Waals surface area contributed by atoms with Crippen molar-refractivity contribution < 1.29 is 0 Å². The van der Waals surface area contributed by atoms with E-state index in [1.807, 2.05) is 25.2 Å². The highest BCUT2D eigenvalue weighted by Crippen LogP contribution is 2.23. The van der Waals surface area contributed by atoms with Crippen molar-refractivity contribution in [3.63, 3.8) is 0 Å². The van der Waals surface area contributed by atoms with E-state index in [4.69, 9.17) is 11.1 Å². The Bertz CT molecular complexity index is 499. The normalized spacial score (nSPS) is 26.7. The molecule has 0 aromatic heterocycles. The lowest BCUT2D eigenvalue weighted by Crippen LogP contribution is -2.08. The van der Waals surface area contributed by atoms with Crippen molar-refractivity contribution in [1.29, 1.82) is 5.41 Å². The summed E-state index contributed by atoms with van der Waals surface area (Å²) in [6.45, 7) is 4.11. The lowest BCUT2D eigenvalue weighted by molar-refractivity contribution is 0.976. The second-order valence-electron chi connectivity index (χ2n) is 4.71. The third-order valence-corrected chi connectivity index (χ3v) is 3.18. The van der Waals surface area contributed by atoms with Crippen LogP contribution < -0.4 is 5.73 Å². The van der Waals surface area contributed by atoms with Gasteiger partial charge in [-0.1, -0.05) is 31.2 Å². The molecule has 0 aromatic carbocycles. The molecule has 0 aliphatic heterocycles. The van der Waals surface area contributed by atoms with Gasteiger partial charge in [0.25, 0.3) is 0 Å². The highest BCUT2D eigenvalue weighted by Gasteiger charge is 2.10. The predicted molar refractivity (Wildman–Crippen MR) is 72.8 cm³/mol. The van der Waals surface area contributed by atoms with Crippen LogP contribution in [0.15, 0.2) is 58.9 Å². The topological polar surface area (TPSA) is 49.9 Å². The molecule has 88 valence electrons. The SMILES string of the molecule is CC1=C(N)C=C/C(=C\C2=CC(C)C(=N)C=C2)C1. The Balaban J connectivity index is 2.18. The maximum Gasteiger partial charge on any atom is 0.0380 e. The molecule has 0 radical (unpaired) electrons. The largest absolute Gasteiger partial charge is 0.399 e. The Morgan fingerprint density at radius 2 is 2.06 bits per heavy atom. The van der Waals surface area contributed by atoms with Gasteiger partial charge in [0.1, 0.15) is 0 Å². The van der Waals surface area contributed by atoms with Crippen LogP contribution in [0.25, 0.3) is 0 Å². The fraction of sp³-hybridized carbons (Fsp3) is 0.267. The van der Waals surface area contributed by atoms with Crippen LogP contribution in [-0.4, -0.2) is 5.71 Å². The molecular formula is C15H18N2. The second kappa shape index (κ2) is 4.58. The summed E-state index contributed by atoms with van der Waals surface area (Å²) in [7, 11) is 0. The van der Waals surface area contributed by atoms with Gasteiger partial charge >= 0.3 is 0 Å². The molecule has 0 saturated heterocycles. The van der Waals surface area contributed by atoms with Crippen LogP contribution in [0, 0.1) is 11.3 Å². The first-order valence-electron chi connectivity index (χ1n) is 5.88. The molecule has 3 N–H and O–H groups in total. The van der Waals surface area contributed by atoms with Gasteiger partial charge in [0.2, 0.25) is 0 Å². The van der Waals surface area contributed by atoms with E-state index in [2.05, 4.69) is 25.2 Å². The van der Waals surface area contributed by atoms with E-state index >= 15 is 0 Å². The Labute approximate surface area is 102 Å². The highest BCUT2D eigenvalue weighted by atomic mass is 14.6. The van der Waals surface area contributed by atoms with Crippen molar-refractivity contribution >= 4 is 5.71 Å². The summed E-state index contributed by atoms with van der Waals surface area (Å²) in [5, 5.41) is 7.67. The lowest BCUT2D eigenvalue weighted by atomic mass is 9.92. The summed E-state index contributed by atoms with van der Waals surface area (Å²) in [5.74, 6) is 0.209. The van der Waals surface area contributed by atoms with E-state index < -0.39 is 0 Å². The third kappa shape index (κ3) is 2.64. The van der Waals surface area contributed by atoms with Crippen molar-refractivity contribution in [2.45, 2.75) is 20.3 Å². The summed E-state index contributed by atoms with van der Waals surface area (Å²) in [6.07, 6.45) is 13.1. The average molecular weight is 226 g/mol. The smallest absolute Gasteiger partial charge is 0.0380 e. The average Bonchev–Trinajstić information content (AvgIpc) is 2.29.